The normalized spacial score (nSPS) is 16.1. The van der Waals surface area contributed by atoms with Crippen LogP contribution in [0.4, 0.5) is 5.69 Å². The maximum Gasteiger partial charge on any atom is 0.244 e. The van der Waals surface area contributed by atoms with Gasteiger partial charge < -0.3 is 11.1 Å². The van der Waals surface area contributed by atoms with Gasteiger partial charge in [-0.15, -0.1) is 12.4 Å². The molecule has 1 aromatic heterocycles. The van der Waals surface area contributed by atoms with E-state index in [4.69, 9.17) is 5.73 Å². The highest BCUT2D eigenvalue weighted by Crippen LogP contribution is 2.27. The summed E-state index contributed by atoms with van der Waals surface area (Å²) < 4.78 is 0. The number of rotatable bonds is 3. The summed E-state index contributed by atoms with van der Waals surface area (Å²) in [4.78, 5) is 21.1. The quantitative estimate of drug-likeness (QED) is 0.891. The SMILES string of the molecule is Cc1ccnc(-c2ccc(NC(=O)C3(N)CCCCC3)cc2)n1.Cl. The number of anilines is 1. The lowest BCUT2D eigenvalue weighted by molar-refractivity contribution is -0.122. The van der Waals surface area contributed by atoms with Crippen molar-refractivity contribution in [2.24, 2.45) is 5.73 Å². The van der Waals surface area contributed by atoms with Crippen LogP contribution in [-0.2, 0) is 4.79 Å². The Hall–Kier alpha value is -1.98. The monoisotopic (exact) mass is 346 g/mol. The molecule has 5 nitrogen and oxygen atoms in total. The number of carbonyl (C=O) groups is 1. The molecular formula is C18H23ClN4O. The third-order valence-corrected chi connectivity index (χ3v) is 4.39. The molecular weight excluding hydrogens is 324 g/mol. The van der Waals surface area contributed by atoms with Crippen LogP contribution in [-0.4, -0.2) is 21.4 Å². The third-order valence-electron chi connectivity index (χ3n) is 4.39. The Labute approximate surface area is 148 Å². The molecule has 1 amide bonds. The van der Waals surface area contributed by atoms with Gasteiger partial charge in [-0.2, -0.15) is 0 Å². The van der Waals surface area contributed by atoms with Gasteiger partial charge in [-0.05, 0) is 50.1 Å². The van der Waals surface area contributed by atoms with Gasteiger partial charge in [0, 0.05) is 23.1 Å². The zero-order valence-corrected chi connectivity index (χ0v) is 14.6. The zero-order chi connectivity index (χ0) is 16.3. The van der Waals surface area contributed by atoms with Crippen molar-refractivity contribution in [3.8, 4) is 11.4 Å². The smallest absolute Gasteiger partial charge is 0.244 e. The second kappa shape index (κ2) is 7.73. The summed E-state index contributed by atoms with van der Waals surface area (Å²) in [5, 5.41) is 2.94. The Morgan fingerprint density at radius 3 is 2.42 bits per heavy atom. The molecule has 1 aliphatic carbocycles. The number of hydrogen-bond acceptors (Lipinski definition) is 4. The van der Waals surface area contributed by atoms with Crippen molar-refractivity contribution in [1.29, 1.82) is 0 Å². The van der Waals surface area contributed by atoms with Gasteiger partial charge in [0.2, 0.25) is 5.91 Å². The van der Waals surface area contributed by atoms with Crippen molar-refractivity contribution < 1.29 is 4.79 Å². The summed E-state index contributed by atoms with van der Waals surface area (Å²) >= 11 is 0. The molecule has 128 valence electrons. The molecule has 1 aliphatic rings. The van der Waals surface area contributed by atoms with Crippen LogP contribution in [0.1, 0.15) is 37.8 Å². The number of aromatic nitrogens is 2. The van der Waals surface area contributed by atoms with Crippen LogP contribution in [0.15, 0.2) is 36.5 Å². The molecule has 0 radical (unpaired) electrons. The number of hydrogen-bond donors (Lipinski definition) is 2. The summed E-state index contributed by atoms with van der Waals surface area (Å²) in [5.74, 6) is 0.599. The van der Waals surface area contributed by atoms with E-state index >= 15 is 0 Å². The van der Waals surface area contributed by atoms with E-state index in [0.29, 0.717) is 5.82 Å². The zero-order valence-electron chi connectivity index (χ0n) is 13.8. The van der Waals surface area contributed by atoms with Gasteiger partial charge in [0.05, 0.1) is 5.54 Å². The Bertz CT molecular complexity index is 696. The second-order valence-corrected chi connectivity index (χ2v) is 6.27. The predicted molar refractivity (Wildman–Crippen MR) is 98.1 cm³/mol. The summed E-state index contributed by atoms with van der Waals surface area (Å²) in [6.07, 6.45) is 6.47. The van der Waals surface area contributed by atoms with Crippen molar-refractivity contribution in [3.63, 3.8) is 0 Å². The van der Waals surface area contributed by atoms with E-state index in [1.165, 1.54) is 0 Å². The topological polar surface area (TPSA) is 80.9 Å². The first-order valence-electron chi connectivity index (χ1n) is 8.07. The van der Waals surface area contributed by atoms with Gasteiger partial charge in [0.1, 0.15) is 0 Å². The van der Waals surface area contributed by atoms with Crippen molar-refractivity contribution in [1.82, 2.24) is 9.97 Å². The Morgan fingerprint density at radius 2 is 1.79 bits per heavy atom. The molecule has 1 heterocycles. The van der Waals surface area contributed by atoms with Crippen LogP contribution in [0.5, 0.6) is 0 Å². The van der Waals surface area contributed by atoms with Gasteiger partial charge in [-0.25, -0.2) is 9.97 Å². The van der Waals surface area contributed by atoms with Crippen LogP contribution >= 0.6 is 12.4 Å². The molecule has 0 bridgehead atoms. The van der Waals surface area contributed by atoms with Crippen molar-refractivity contribution in [2.75, 3.05) is 5.32 Å². The maximum absolute atomic E-state index is 12.4. The molecule has 0 saturated heterocycles. The van der Waals surface area contributed by atoms with Gasteiger partial charge >= 0.3 is 0 Å². The van der Waals surface area contributed by atoms with E-state index < -0.39 is 5.54 Å². The number of benzene rings is 1. The maximum atomic E-state index is 12.4. The number of nitrogens with zero attached hydrogens (tertiary/aromatic N) is 2. The molecule has 1 saturated carbocycles. The van der Waals surface area contributed by atoms with Crippen molar-refractivity contribution in [2.45, 2.75) is 44.6 Å². The number of carbonyl (C=O) groups excluding carboxylic acids is 1. The van der Waals surface area contributed by atoms with Crippen LogP contribution in [0, 0.1) is 6.92 Å². The van der Waals surface area contributed by atoms with E-state index in [-0.39, 0.29) is 18.3 Å². The first-order valence-corrected chi connectivity index (χ1v) is 8.07. The number of aryl methyl sites for hydroxylation is 1. The van der Waals surface area contributed by atoms with E-state index in [0.717, 1.165) is 49.0 Å². The highest BCUT2D eigenvalue weighted by Gasteiger charge is 2.35. The standard InChI is InChI=1S/C18H22N4O.ClH/c1-13-9-12-20-16(21-13)14-5-7-15(8-6-14)22-17(23)18(19)10-3-2-4-11-18;/h5-9,12H,2-4,10-11,19H2,1H3,(H,22,23);1H. The number of amides is 1. The third kappa shape index (κ3) is 4.10. The van der Waals surface area contributed by atoms with Crippen molar-refractivity contribution in [3.05, 3.63) is 42.2 Å². The minimum atomic E-state index is -0.726. The predicted octanol–water partition coefficient (Wildman–Crippen LogP) is 3.47. The lowest BCUT2D eigenvalue weighted by atomic mass is 9.82. The minimum absolute atomic E-state index is 0. The molecule has 3 N–H and O–H groups in total. The van der Waals surface area contributed by atoms with E-state index in [1.54, 1.807) is 6.20 Å². The van der Waals surface area contributed by atoms with Crippen LogP contribution in [0.25, 0.3) is 11.4 Å². The summed E-state index contributed by atoms with van der Waals surface area (Å²) in [6, 6.07) is 9.42. The molecule has 0 unspecified atom stereocenters. The average Bonchev–Trinajstić information content (AvgIpc) is 2.56. The average molecular weight is 347 g/mol. The highest BCUT2D eigenvalue weighted by molar-refractivity contribution is 5.98. The Balaban J connectivity index is 0.00000208. The van der Waals surface area contributed by atoms with E-state index in [2.05, 4.69) is 15.3 Å². The summed E-state index contributed by atoms with van der Waals surface area (Å²) in [7, 11) is 0. The molecule has 6 heteroatoms. The van der Waals surface area contributed by atoms with Crippen LogP contribution < -0.4 is 11.1 Å². The summed E-state index contributed by atoms with van der Waals surface area (Å²) in [6.45, 7) is 1.94. The lowest BCUT2D eigenvalue weighted by Gasteiger charge is -2.31. The molecule has 0 spiro atoms. The first kappa shape index (κ1) is 18.4. The fraction of sp³-hybridized carbons (Fsp3) is 0.389. The largest absolute Gasteiger partial charge is 0.324 e. The number of nitrogens with one attached hydrogen (secondary N) is 1. The van der Waals surface area contributed by atoms with Gasteiger partial charge in [0.25, 0.3) is 0 Å². The van der Waals surface area contributed by atoms with Gasteiger partial charge in [-0.1, -0.05) is 19.3 Å². The molecule has 3 rings (SSSR count). The van der Waals surface area contributed by atoms with Gasteiger partial charge in [0.15, 0.2) is 5.82 Å². The highest BCUT2D eigenvalue weighted by atomic mass is 35.5. The van der Waals surface area contributed by atoms with Crippen molar-refractivity contribution >= 4 is 24.0 Å². The number of halogens is 1. The lowest BCUT2D eigenvalue weighted by Crippen LogP contribution is -2.52. The molecule has 1 fully saturated rings. The van der Waals surface area contributed by atoms with Crippen LogP contribution in [0.2, 0.25) is 0 Å². The number of nitrogens with two attached hydrogens (primary N) is 1. The van der Waals surface area contributed by atoms with Crippen LogP contribution in [0.3, 0.4) is 0 Å². The Morgan fingerprint density at radius 1 is 1.12 bits per heavy atom. The second-order valence-electron chi connectivity index (χ2n) is 6.27. The van der Waals surface area contributed by atoms with E-state index in [1.807, 2.05) is 37.3 Å². The van der Waals surface area contributed by atoms with Gasteiger partial charge in [-0.3, -0.25) is 4.79 Å². The summed E-state index contributed by atoms with van der Waals surface area (Å²) in [5.41, 5.74) is 8.13. The molecule has 0 aliphatic heterocycles. The molecule has 0 atom stereocenters. The van der Waals surface area contributed by atoms with E-state index in [9.17, 15) is 4.79 Å². The minimum Gasteiger partial charge on any atom is -0.324 e. The Kier molecular flexibility index (Phi) is 5.91. The first-order chi connectivity index (χ1) is 11.1. The molecule has 24 heavy (non-hydrogen) atoms. The molecule has 2 aromatic rings. The fourth-order valence-corrected chi connectivity index (χ4v) is 2.96. The fourth-order valence-electron chi connectivity index (χ4n) is 2.96. The molecule has 1 aromatic carbocycles.